The molecule has 88 valence electrons. The smallest absolute Gasteiger partial charge is 0.204 e. The van der Waals surface area contributed by atoms with Gasteiger partial charge in [0.05, 0.1) is 11.6 Å². The van der Waals surface area contributed by atoms with Crippen molar-refractivity contribution in [3.63, 3.8) is 0 Å². The maximum absolute atomic E-state index is 5.61. The van der Waals surface area contributed by atoms with Gasteiger partial charge >= 0.3 is 0 Å². The van der Waals surface area contributed by atoms with E-state index in [4.69, 9.17) is 17.3 Å². The van der Waals surface area contributed by atoms with Crippen LogP contribution >= 0.6 is 11.6 Å². The summed E-state index contributed by atoms with van der Waals surface area (Å²) in [6.45, 7) is 1.94. The molecule has 0 aliphatic carbocycles. The molecule has 17 heavy (non-hydrogen) atoms. The van der Waals surface area contributed by atoms with Crippen molar-refractivity contribution in [2.75, 3.05) is 5.88 Å². The van der Waals surface area contributed by atoms with Crippen LogP contribution in [0, 0.1) is 6.92 Å². The van der Waals surface area contributed by atoms with E-state index in [2.05, 4.69) is 25.6 Å². The maximum Gasteiger partial charge on any atom is 0.204 e. The molecule has 0 spiro atoms. The summed E-state index contributed by atoms with van der Waals surface area (Å²) in [5.74, 6) is 1.09. The number of nitrogens with zero attached hydrogens (tertiary/aromatic N) is 4. The first-order chi connectivity index (χ1) is 8.20. The Morgan fingerprint density at radius 3 is 3.00 bits per heavy atom. The molecule has 0 fully saturated rings. The highest BCUT2D eigenvalue weighted by molar-refractivity contribution is 6.28. The Morgan fingerprint density at radius 1 is 1.53 bits per heavy atom. The first kappa shape index (κ1) is 11.5. The predicted molar refractivity (Wildman–Crippen MR) is 66.4 cm³/mol. The maximum atomic E-state index is 5.61. The number of H-pyrrole nitrogens is 1. The molecule has 1 heterocycles. The molecule has 0 amide bonds. The second kappa shape index (κ2) is 4.92. The number of amidine groups is 1. The minimum absolute atomic E-state index is 0.200. The number of alkyl halides is 1. The summed E-state index contributed by atoms with van der Waals surface area (Å²) < 4.78 is 0. The van der Waals surface area contributed by atoms with Crippen LogP contribution in [0.1, 0.15) is 5.56 Å². The van der Waals surface area contributed by atoms with E-state index in [9.17, 15) is 0 Å². The van der Waals surface area contributed by atoms with Gasteiger partial charge in [-0.1, -0.05) is 12.1 Å². The number of tetrazole rings is 1. The number of aromatic amines is 1. The highest BCUT2D eigenvalue weighted by Gasteiger charge is 2.05. The van der Waals surface area contributed by atoms with Gasteiger partial charge in [0.1, 0.15) is 5.84 Å². The lowest BCUT2D eigenvalue weighted by atomic mass is 10.1. The van der Waals surface area contributed by atoms with Gasteiger partial charge in [-0.2, -0.15) is 5.21 Å². The van der Waals surface area contributed by atoms with Crippen molar-refractivity contribution in [1.82, 2.24) is 20.6 Å². The number of rotatable bonds is 3. The third-order valence-electron chi connectivity index (χ3n) is 2.21. The summed E-state index contributed by atoms with van der Waals surface area (Å²) in [5, 5.41) is 13.7. The Kier molecular flexibility index (Phi) is 3.34. The van der Waals surface area contributed by atoms with Gasteiger partial charge in [-0.15, -0.1) is 21.8 Å². The molecule has 0 aliphatic rings. The fourth-order valence-electron chi connectivity index (χ4n) is 1.34. The Labute approximate surface area is 103 Å². The van der Waals surface area contributed by atoms with E-state index < -0.39 is 0 Å². The highest BCUT2D eigenvalue weighted by atomic mass is 35.5. The van der Waals surface area contributed by atoms with Gasteiger partial charge in [0.15, 0.2) is 0 Å². The second-order valence-corrected chi connectivity index (χ2v) is 3.74. The molecule has 0 radical (unpaired) electrons. The number of benzene rings is 1. The fraction of sp³-hybridized carbons (Fsp3) is 0.200. The van der Waals surface area contributed by atoms with Crippen LogP contribution in [0.2, 0.25) is 0 Å². The molecule has 1 aromatic heterocycles. The number of aliphatic imine (C=N–C) groups is 1. The SMILES string of the molecule is Cc1ccc(-c2nn[nH]n2)cc1N=C(N)CCl. The van der Waals surface area contributed by atoms with Crippen molar-refractivity contribution in [3.05, 3.63) is 23.8 Å². The van der Waals surface area contributed by atoms with Crippen LogP contribution in [-0.4, -0.2) is 32.3 Å². The molecular weight excluding hydrogens is 240 g/mol. The van der Waals surface area contributed by atoms with Crippen LogP contribution in [0.4, 0.5) is 5.69 Å². The molecule has 1 aromatic carbocycles. The third kappa shape index (κ3) is 2.59. The monoisotopic (exact) mass is 250 g/mol. The summed E-state index contributed by atoms with van der Waals surface area (Å²) in [7, 11) is 0. The molecule has 0 saturated heterocycles. The Balaban J connectivity index is 2.43. The van der Waals surface area contributed by atoms with Gasteiger partial charge in [-0.3, -0.25) is 0 Å². The second-order valence-electron chi connectivity index (χ2n) is 3.47. The normalized spacial score (nSPS) is 11.8. The lowest BCUT2D eigenvalue weighted by Gasteiger charge is -2.03. The topological polar surface area (TPSA) is 92.8 Å². The largest absolute Gasteiger partial charge is 0.386 e. The van der Waals surface area contributed by atoms with Gasteiger partial charge < -0.3 is 5.73 Å². The standard InChI is InChI=1S/C10H11ClN6/c1-6-2-3-7(10-14-16-17-15-10)4-8(6)13-9(12)5-11/h2-4H,5H2,1H3,(H2,12,13)(H,14,15,16,17). The third-order valence-corrected chi connectivity index (χ3v) is 2.49. The highest BCUT2D eigenvalue weighted by Crippen LogP contribution is 2.24. The van der Waals surface area contributed by atoms with E-state index in [-0.39, 0.29) is 5.88 Å². The zero-order chi connectivity index (χ0) is 12.3. The Morgan fingerprint density at radius 2 is 2.35 bits per heavy atom. The van der Waals surface area contributed by atoms with Crippen LogP contribution < -0.4 is 5.73 Å². The first-order valence-electron chi connectivity index (χ1n) is 4.94. The molecule has 0 saturated carbocycles. The lowest BCUT2D eigenvalue weighted by Crippen LogP contribution is -2.12. The molecule has 7 heteroatoms. The number of aryl methyl sites for hydroxylation is 1. The van der Waals surface area contributed by atoms with Crippen LogP contribution in [0.25, 0.3) is 11.4 Å². The van der Waals surface area contributed by atoms with Gasteiger partial charge in [0.2, 0.25) is 5.82 Å². The van der Waals surface area contributed by atoms with Crippen molar-refractivity contribution >= 4 is 23.1 Å². The quantitative estimate of drug-likeness (QED) is 0.489. The van der Waals surface area contributed by atoms with E-state index in [0.717, 1.165) is 16.8 Å². The van der Waals surface area contributed by atoms with Crippen molar-refractivity contribution in [2.45, 2.75) is 6.92 Å². The van der Waals surface area contributed by atoms with Crippen molar-refractivity contribution in [1.29, 1.82) is 0 Å². The molecule has 0 bridgehead atoms. The van der Waals surface area contributed by atoms with Gasteiger partial charge in [0, 0.05) is 5.56 Å². The Hall–Kier alpha value is -1.95. The Bertz CT molecular complexity index is 534. The lowest BCUT2D eigenvalue weighted by molar-refractivity contribution is 0.881. The van der Waals surface area contributed by atoms with Crippen LogP contribution in [0.5, 0.6) is 0 Å². The number of hydrogen-bond donors (Lipinski definition) is 2. The zero-order valence-electron chi connectivity index (χ0n) is 9.18. The molecule has 2 aromatic rings. The van der Waals surface area contributed by atoms with E-state index in [1.54, 1.807) is 0 Å². The number of aromatic nitrogens is 4. The molecule has 0 unspecified atom stereocenters. The minimum atomic E-state index is 0.200. The molecular formula is C10H11ClN6. The first-order valence-corrected chi connectivity index (χ1v) is 5.47. The van der Waals surface area contributed by atoms with Crippen molar-refractivity contribution in [3.8, 4) is 11.4 Å². The number of halogens is 1. The van der Waals surface area contributed by atoms with Gasteiger partial charge in [-0.05, 0) is 23.8 Å². The minimum Gasteiger partial charge on any atom is -0.386 e. The van der Waals surface area contributed by atoms with Gasteiger partial charge in [-0.25, -0.2) is 4.99 Å². The van der Waals surface area contributed by atoms with E-state index in [1.807, 2.05) is 25.1 Å². The fourth-order valence-corrected chi connectivity index (χ4v) is 1.40. The molecule has 6 nitrogen and oxygen atoms in total. The molecule has 2 rings (SSSR count). The average Bonchev–Trinajstić information content (AvgIpc) is 2.85. The summed E-state index contributed by atoms with van der Waals surface area (Å²) in [6.07, 6.45) is 0. The van der Waals surface area contributed by atoms with Crippen molar-refractivity contribution < 1.29 is 0 Å². The van der Waals surface area contributed by atoms with Crippen LogP contribution in [0.3, 0.4) is 0 Å². The predicted octanol–water partition coefficient (Wildman–Crippen LogP) is 1.40. The summed E-state index contributed by atoms with van der Waals surface area (Å²) in [5.41, 5.74) is 8.20. The zero-order valence-corrected chi connectivity index (χ0v) is 9.94. The summed E-state index contributed by atoms with van der Waals surface area (Å²) >= 11 is 5.60. The molecule has 3 N–H and O–H groups in total. The average molecular weight is 251 g/mol. The summed E-state index contributed by atoms with van der Waals surface area (Å²) in [6, 6.07) is 5.67. The van der Waals surface area contributed by atoms with Crippen molar-refractivity contribution in [2.24, 2.45) is 10.7 Å². The summed E-state index contributed by atoms with van der Waals surface area (Å²) in [4.78, 5) is 4.22. The van der Waals surface area contributed by atoms with Crippen LogP contribution in [-0.2, 0) is 0 Å². The number of nitrogens with two attached hydrogens (primary N) is 1. The molecule has 0 atom stereocenters. The van der Waals surface area contributed by atoms with E-state index in [0.29, 0.717) is 11.7 Å². The van der Waals surface area contributed by atoms with E-state index in [1.165, 1.54) is 0 Å². The number of hydrogen-bond acceptors (Lipinski definition) is 4. The van der Waals surface area contributed by atoms with Gasteiger partial charge in [0.25, 0.3) is 0 Å². The molecule has 0 aliphatic heterocycles. The number of nitrogens with one attached hydrogen (secondary N) is 1. The van der Waals surface area contributed by atoms with Crippen LogP contribution in [0.15, 0.2) is 23.2 Å². The van der Waals surface area contributed by atoms with E-state index >= 15 is 0 Å².